The maximum absolute atomic E-state index is 8.70. The first-order valence-electron chi connectivity index (χ1n) is 4.80. The Hall–Kier alpha value is -1.79. The molecule has 2 aromatic rings. The zero-order chi connectivity index (χ0) is 11.5. The van der Waals surface area contributed by atoms with E-state index in [4.69, 9.17) is 14.7 Å². The number of benzene rings is 1. The van der Waals surface area contributed by atoms with Crippen LogP contribution in [-0.4, -0.2) is 27.1 Å². The monoisotopic (exact) mass is 218 g/mol. The molecule has 0 amide bonds. The lowest BCUT2D eigenvalue weighted by molar-refractivity contribution is 0.287. The van der Waals surface area contributed by atoms with Crippen LogP contribution in [0.1, 0.15) is 5.56 Å². The molecule has 1 heterocycles. The maximum Gasteiger partial charge on any atom is 0.707 e. The van der Waals surface area contributed by atoms with E-state index in [1.807, 2.05) is 25.3 Å². The van der Waals surface area contributed by atoms with Crippen molar-refractivity contribution in [2.45, 2.75) is 6.92 Å². The van der Waals surface area contributed by atoms with Crippen molar-refractivity contribution in [3.8, 4) is 11.4 Å². The first kappa shape index (κ1) is 10.7. The highest BCUT2D eigenvalue weighted by atomic mass is 16.6. The van der Waals surface area contributed by atoms with E-state index in [0.29, 0.717) is 5.75 Å². The van der Waals surface area contributed by atoms with Crippen molar-refractivity contribution < 1.29 is 14.7 Å². The third-order valence-electron chi connectivity index (χ3n) is 2.16. The van der Waals surface area contributed by atoms with Gasteiger partial charge in [0.2, 0.25) is 0 Å². The highest BCUT2D eigenvalue weighted by Gasteiger charge is 2.13. The van der Waals surface area contributed by atoms with Crippen LogP contribution in [0.2, 0.25) is 0 Å². The maximum atomic E-state index is 8.70. The molecule has 0 unspecified atom stereocenters. The molecule has 2 N–H and O–H groups in total. The second kappa shape index (κ2) is 4.38. The van der Waals surface area contributed by atoms with E-state index >= 15 is 0 Å². The summed E-state index contributed by atoms with van der Waals surface area (Å²) in [6.07, 6.45) is 3.52. The third-order valence-corrected chi connectivity index (χ3v) is 2.16. The minimum absolute atomic E-state index is 0.436. The van der Waals surface area contributed by atoms with Gasteiger partial charge in [0.15, 0.2) is 0 Å². The molecule has 2 rings (SSSR count). The summed E-state index contributed by atoms with van der Waals surface area (Å²) < 4.78 is 6.51. The first-order valence-corrected chi connectivity index (χ1v) is 4.80. The predicted molar refractivity (Wildman–Crippen MR) is 59.1 cm³/mol. The summed E-state index contributed by atoms with van der Waals surface area (Å²) in [5, 5.41) is 21.5. The highest BCUT2D eigenvalue weighted by Crippen LogP contribution is 2.20. The SMILES string of the molecule is Cc1cc(-n2cccn2)ccc1OB(O)O. The molecule has 16 heavy (non-hydrogen) atoms. The quantitative estimate of drug-likeness (QED) is 0.737. The molecule has 1 aromatic carbocycles. The number of aryl methyl sites for hydroxylation is 1. The molecule has 82 valence electrons. The summed E-state index contributed by atoms with van der Waals surface area (Å²) in [6.45, 7) is 1.82. The molecular weight excluding hydrogens is 207 g/mol. The average Bonchev–Trinajstić information content (AvgIpc) is 2.73. The van der Waals surface area contributed by atoms with Crippen molar-refractivity contribution in [3.05, 3.63) is 42.2 Å². The van der Waals surface area contributed by atoms with E-state index in [1.54, 1.807) is 23.0 Å². The van der Waals surface area contributed by atoms with Crippen molar-refractivity contribution in [2.24, 2.45) is 0 Å². The smallest absolute Gasteiger partial charge is 0.512 e. The van der Waals surface area contributed by atoms with Crippen LogP contribution in [0.15, 0.2) is 36.7 Å². The topological polar surface area (TPSA) is 67.5 Å². The molecule has 0 saturated heterocycles. The van der Waals surface area contributed by atoms with Gasteiger partial charge in [-0.15, -0.1) is 0 Å². The second-order valence-corrected chi connectivity index (χ2v) is 3.34. The zero-order valence-corrected chi connectivity index (χ0v) is 8.74. The number of aromatic nitrogens is 2. The van der Waals surface area contributed by atoms with Gasteiger partial charge in [0.1, 0.15) is 5.75 Å². The van der Waals surface area contributed by atoms with Gasteiger partial charge in [-0.1, -0.05) is 0 Å². The molecule has 0 radical (unpaired) electrons. The molecule has 1 aromatic heterocycles. The lowest BCUT2D eigenvalue weighted by Crippen LogP contribution is -2.21. The summed E-state index contributed by atoms with van der Waals surface area (Å²) in [4.78, 5) is 0. The second-order valence-electron chi connectivity index (χ2n) is 3.34. The van der Waals surface area contributed by atoms with Crippen molar-refractivity contribution in [1.82, 2.24) is 9.78 Å². The van der Waals surface area contributed by atoms with Crippen LogP contribution in [0.3, 0.4) is 0 Å². The van der Waals surface area contributed by atoms with Crippen LogP contribution < -0.4 is 4.65 Å². The van der Waals surface area contributed by atoms with E-state index < -0.39 is 7.32 Å². The molecule has 6 heteroatoms. The zero-order valence-electron chi connectivity index (χ0n) is 8.74. The van der Waals surface area contributed by atoms with Crippen LogP contribution in [-0.2, 0) is 0 Å². The summed E-state index contributed by atoms with van der Waals surface area (Å²) in [5.74, 6) is 0.436. The Morgan fingerprint density at radius 2 is 2.19 bits per heavy atom. The fourth-order valence-corrected chi connectivity index (χ4v) is 1.44. The molecule has 0 spiro atoms. The third kappa shape index (κ3) is 2.24. The fraction of sp³-hybridized carbons (Fsp3) is 0.100. The Kier molecular flexibility index (Phi) is 2.94. The van der Waals surface area contributed by atoms with Crippen LogP contribution in [0.5, 0.6) is 5.75 Å². The molecule has 0 bridgehead atoms. The number of hydrogen-bond acceptors (Lipinski definition) is 4. The Balaban J connectivity index is 2.29. The van der Waals surface area contributed by atoms with Gasteiger partial charge in [0.25, 0.3) is 0 Å². The lowest BCUT2D eigenvalue weighted by atomic mass is 10.1. The summed E-state index contributed by atoms with van der Waals surface area (Å²) in [6, 6.07) is 7.14. The van der Waals surface area contributed by atoms with Crippen LogP contribution in [0.4, 0.5) is 0 Å². The van der Waals surface area contributed by atoms with Gasteiger partial charge in [-0.3, -0.25) is 0 Å². The average molecular weight is 218 g/mol. The van der Waals surface area contributed by atoms with Gasteiger partial charge in [-0.25, -0.2) is 4.68 Å². The van der Waals surface area contributed by atoms with Crippen LogP contribution in [0.25, 0.3) is 5.69 Å². The Morgan fingerprint density at radius 3 is 2.75 bits per heavy atom. The summed E-state index contributed by atoms with van der Waals surface area (Å²) in [7, 11) is -1.80. The Bertz CT molecular complexity index is 471. The van der Waals surface area contributed by atoms with Crippen molar-refractivity contribution >= 4 is 7.32 Å². The molecule has 5 nitrogen and oxygen atoms in total. The molecule has 0 aliphatic carbocycles. The van der Waals surface area contributed by atoms with Crippen LogP contribution >= 0.6 is 0 Å². The van der Waals surface area contributed by atoms with E-state index in [2.05, 4.69) is 5.10 Å². The van der Waals surface area contributed by atoms with Crippen molar-refractivity contribution in [1.29, 1.82) is 0 Å². The summed E-state index contributed by atoms with van der Waals surface area (Å²) in [5.41, 5.74) is 1.70. The minimum Gasteiger partial charge on any atom is -0.512 e. The number of hydrogen-bond donors (Lipinski definition) is 2. The van der Waals surface area contributed by atoms with E-state index in [0.717, 1.165) is 11.3 Å². The summed E-state index contributed by atoms with van der Waals surface area (Å²) >= 11 is 0. The molecule has 0 fully saturated rings. The van der Waals surface area contributed by atoms with Gasteiger partial charge in [-0.2, -0.15) is 5.10 Å². The Morgan fingerprint density at radius 1 is 1.38 bits per heavy atom. The minimum atomic E-state index is -1.80. The molecule has 0 aliphatic rings. The van der Waals surface area contributed by atoms with Gasteiger partial charge in [0, 0.05) is 12.4 Å². The predicted octanol–water partition coefficient (Wildman–Crippen LogP) is 0.529. The number of rotatable bonds is 3. The Labute approximate surface area is 93.1 Å². The van der Waals surface area contributed by atoms with Gasteiger partial charge < -0.3 is 14.7 Å². The highest BCUT2D eigenvalue weighted by molar-refractivity contribution is 6.33. The first-order chi connectivity index (χ1) is 7.66. The molecule has 0 atom stereocenters. The van der Waals surface area contributed by atoms with Gasteiger partial charge in [0.05, 0.1) is 5.69 Å². The number of nitrogens with zero attached hydrogens (tertiary/aromatic N) is 2. The fourth-order valence-electron chi connectivity index (χ4n) is 1.44. The standard InChI is InChI=1S/C10H11BN2O3/c1-8-7-9(13-6-2-5-12-13)3-4-10(8)16-11(14)15/h2-7,14-15H,1H3. The van der Waals surface area contributed by atoms with E-state index in [-0.39, 0.29) is 0 Å². The van der Waals surface area contributed by atoms with Crippen molar-refractivity contribution in [2.75, 3.05) is 0 Å². The lowest BCUT2D eigenvalue weighted by Gasteiger charge is -2.09. The van der Waals surface area contributed by atoms with Crippen molar-refractivity contribution in [3.63, 3.8) is 0 Å². The normalized spacial score (nSPS) is 10.2. The molecule has 0 saturated carbocycles. The molecule has 0 aliphatic heterocycles. The largest absolute Gasteiger partial charge is 0.707 e. The molecular formula is C10H11BN2O3. The van der Waals surface area contributed by atoms with Crippen LogP contribution in [0, 0.1) is 6.92 Å². The van der Waals surface area contributed by atoms with E-state index in [9.17, 15) is 0 Å². The van der Waals surface area contributed by atoms with E-state index in [1.165, 1.54) is 0 Å². The van der Waals surface area contributed by atoms with Gasteiger partial charge >= 0.3 is 7.32 Å². The van der Waals surface area contributed by atoms with Gasteiger partial charge in [-0.05, 0) is 36.8 Å².